The molecule has 0 bridgehead atoms. The Bertz CT molecular complexity index is 516. The summed E-state index contributed by atoms with van der Waals surface area (Å²) in [5, 5.41) is 12.0. The number of nitrogens with zero attached hydrogens (tertiary/aromatic N) is 1. The number of hydrogen-bond donors (Lipinski definition) is 2. The molecule has 0 aliphatic carbocycles. The van der Waals surface area contributed by atoms with Crippen LogP contribution in [-0.2, 0) is 4.79 Å². The van der Waals surface area contributed by atoms with Crippen molar-refractivity contribution >= 4 is 11.8 Å². The molecule has 1 fully saturated rings. The summed E-state index contributed by atoms with van der Waals surface area (Å²) in [6.07, 6.45) is 0.819. The molecule has 2 N–H and O–H groups in total. The van der Waals surface area contributed by atoms with Gasteiger partial charge in [0.15, 0.2) is 0 Å². The van der Waals surface area contributed by atoms with Gasteiger partial charge in [0.25, 0.3) is 5.91 Å². The summed E-state index contributed by atoms with van der Waals surface area (Å²) in [4.78, 5) is 26.7. The fourth-order valence-corrected chi connectivity index (χ4v) is 2.71. The lowest BCUT2D eigenvalue weighted by Gasteiger charge is -2.27. The third-order valence-electron chi connectivity index (χ3n) is 4.11. The third kappa shape index (κ3) is 3.85. The van der Waals surface area contributed by atoms with E-state index in [2.05, 4.69) is 5.32 Å². The van der Waals surface area contributed by atoms with Gasteiger partial charge in [0.05, 0.1) is 0 Å². The molecule has 2 amide bonds. The molecule has 5 heteroatoms. The van der Waals surface area contributed by atoms with Crippen molar-refractivity contribution in [1.29, 1.82) is 0 Å². The van der Waals surface area contributed by atoms with Crippen LogP contribution in [0.4, 0.5) is 0 Å². The summed E-state index contributed by atoms with van der Waals surface area (Å²) in [6.45, 7) is 5.17. The van der Waals surface area contributed by atoms with Crippen molar-refractivity contribution in [2.45, 2.75) is 26.3 Å². The molecule has 0 radical (unpaired) electrons. The molecule has 1 aromatic rings. The Hall–Kier alpha value is -1.88. The van der Waals surface area contributed by atoms with Crippen molar-refractivity contribution in [1.82, 2.24) is 10.2 Å². The highest BCUT2D eigenvalue weighted by atomic mass is 16.3. The molecule has 2 unspecified atom stereocenters. The quantitative estimate of drug-likeness (QED) is 0.861. The SMILES string of the molecule is CC(C)C(NC(=O)c1ccccc1)C(=O)N1CCC(CO)C1. The van der Waals surface area contributed by atoms with Crippen molar-refractivity contribution in [2.24, 2.45) is 11.8 Å². The highest BCUT2D eigenvalue weighted by Crippen LogP contribution is 2.18. The Kier molecular flexibility index (Phi) is 5.55. The van der Waals surface area contributed by atoms with Gasteiger partial charge in [0.2, 0.25) is 5.91 Å². The van der Waals surface area contributed by atoms with Gasteiger partial charge in [-0.2, -0.15) is 0 Å². The predicted molar refractivity (Wildman–Crippen MR) is 84.3 cm³/mol. The number of aliphatic hydroxyl groups is 1. The van der Waals surface area contributed by atoms with Gasteiger partial charge in [-0.05, 0) is 24.5 Å². The molecule has 0 spiro atoms. The number of aliphatic hydroxyl groups excluding tert-OH is 1. The van der Waals surface area contributed by atoms with Crippen LogP contribution in [0, 0.1) is 11.8 Å². The average Bonchev–Trinajstić information content (AvgIpc) is 3.01. The zero-order chi connectivity index (χ0) is 16.1. The molecule has 1 saturated heterocycles. The number of likely N-dealkylation sites (tertiary alicyclic amines) is 1. The first-order valence-electron chi connectivity index (χ1n) is 7.78. The molecule has 1 aliphatic heterocycles. The van der Waals surface area contributed by atoms with E-state index in [9.17, 15) is 14.7 Å². The predicted octanol–water partition coefficient (Wildman–Crippen LogP) is 1.28. The number of nitrogens with one attached hydrogen (secondary N) is 1. The van der Waals surface area contributed by atoms with Crippen LogP contribution in [0.5, 0.6) is 0 Å². The minimum Gasteiger partial charge on any atom is -0.396 e. The maximum Gasteiger partial charge on any atom is 0.251 e. The molecule has 22 heavy (non-hydrogen) atoms. The highest BCUT2D eigenvalue weighted by Gasteiger charge is 2.33. The minimum atomic E-state index is -0.537. The second-order valence-electron chi connectivity index (χ2n) is 6.18. The van der Waals surface area contributed by atoms with Crippen molar-refractivity contribution in [3.63, 3.8) is 0 Å². The van der Waals surface area contributed by atoms with Crippen molar-refractivity contribution < 1.29 is 14.7 Å². The molecular weight excluding hydrogens is 280 g/mol. The molecule has 120 valence electrons. The number of carbonyl (C=O) groups is 2. The molecule has 5 nitrogen and oxygen atoms in total. The molecule has 2 rings (SSSR count). The van der Waals surface area contributed by atoms with Crippen LogP contribution in [0.25, 0.3) is 0 Å². The monoisotopic (exact) mass is 304 g/mol. The Morgan fingerprint density at radius 1 is 1.32 bits per heavy atom. The van der Waals surface area contributed by atoms with Crippen LogP contribution >= 0.6 is 0 Å². The summed E-state index contributed by atoms with van der Waals surface area (Å²) in [5.74, 6) is -0.129. The second-order valence-corrected chi connectivity index (χ2v) is 6.18. The van der Waals surface area contributed by atoms with E-state index >= 15 is 0 Å². The summed E-state index contributed by atoms with van der Waals surface area (Å²) >= 11 is 0. The average molecular weight is 304 g/mol. The van der Waals surface area contributed by atoms with Gasteiger partial charge in [-0.25, -0.2) is 0 Å². The molecule has 0 aromatic heterocycles. The van der Waals surface area contributed by atoms with Crippen LogP contribution in [0.3, 0.4) is 0 Å². The standard InChI is InChI=1S/C17H24N2O3/c1-12(2)15(17(22)19-9-8-13(10-19)11-20)18-16(21)14-6-4-3-5-7-14/h3-7,12-13,15,20H,8-11H2,1-2H3,(H,18,21). The van der Waals surface area contributed by atoms with E-state index in [1.165, 1.54) is 0 Å². The highest BCUT2D eigenvalue weighted by molar-refractivity contribution is 5.97. The fraction of sp³-hybridized carbons (Fsp3) is 0.529. The van der Waals surface area contributed by atoms with Crippen LogP contribution < -0.4 is 5.32 Å². The van der Waals surface area contributed by atoms with E-state index in [1.54, 1.807) is 29.2 Å². The third-order valence-corrected chi connectivity index (χ3v) is 4.11. The topological polar surface area (TPSA) is 69.6 Å². The van der Waals surface area contributed by atoms with Crippen LogP contribution in [0.1, 0.15) is 30.6 Å². The van der Waals surface area contributed by atoms with Crippen LogP contribution in [0.2, 0.25) is 0 Å². The summed E-state index contributed by atoms with van der Waals surface area (Å²) in [5.41, 5.74) is 0.551. The van der Waals surface area contributed by atoms with Gasteiger partial charge < -0.3 is 15.3 Å². The summed E-state index contributed by atoms with van der Waals surface area (Å²) < 4.78 is 0. The van der Waals surface area contributed by atoms with Crippen molar-refractivity contribution in [3.8, 4) is 0 Å². The van der Waals surface area contributed by atoms with E-state index in [-0.39, 0.29) is 30.3 Å². The van der Waals surface area contributed by atoms with Crippen LogP contribution in [0.15, 0.2) is 30.3 Å². The van der Waals surface area contributed by atoms with Crippen LogP contribution in [-0.4, -0.2) is 47.6 Å². The van der Waals surface area contributed by atoms with Gasteiger partial charge in [0, 0.05) is 31.2 Å². The van der Waals surface area contributed by atoms with Gasteiger partial charge >= 0.3 is 0 Å². The fourth-order valence-electron chi connectivity index (χ4n) is 2.71. The maximum atomic E-state index is 12.6. The Morgan fingerprint density at radius 3 is 2.55 bits per heavy atom. The Labute approximate surface area is 131 Å². The minimum absolute atomic E-state index is 0.00772. The van der Waals surface area contributed by atoms with Gasteiger partial charge in [-0.15, -0.1) is 0 Å². The Morgan fingerprint density at radius 2 is 2.00 bits per heavy atom. The molecular formula is C17H24N2O3. The van der Waals surface area contributed by atoms with E-state index < -0.39 is 6.04 Å². The lowest BCUT2D eigenvalue weighted by atomic mass is 10.0. The van der Waals surface area contributed by atoms with Gasteiger partial charge in [0.1, 0.15) is 6.04 Å². The smallest absolute Gasteiger partial charge is 0.251 e. The first-order chi connectivity index (χ1) is 10.5. The lowest BCUT2D eigenvalue weighted by molar-refractivity contribution is -0.133. The number of carbonyl (C=O) groups excluding carboxylic acids is 2. The molecule has 1 aliphatic rings. The number of hydrogen-bond acceptors (Lipinski definition) is 3. The van der Waals surface area contributed by atoms with Crippen molar-refractivity contribution in [3.05, 3.63) is 35.9 Å². The normalized spacial score (nSPS) is 19.3. The van der Waals surface area contributed by atoms with Crippen molar-refractivity contribution in [2.75, 3.05) is 19.7 Å². The summed E-state index contributed by atoms with van der Waals surface area (Å²) in [7, 11) is 0. The van der Waals surface area contributed by atoms with E-state index in [0.717, 1.165) is 6.42 Å². The number of rotatable bonds is 5. The molecule has 2 atom stereocenters. The van der Waals surface area contributed by atoms with E-state index in [0.29, 0.717) is 18.7 Å². The molecule has 1 aromatic carbocycles. The molecule has 0 saturated carbocycles. The van der Waals surface area contributed by atoms with Gasteiger partial charge in [-0.3, -0.25) is 9.59 Å². The van der Waals surface area contributed by atoms with E-state index in [4.69, 9.17) is 0 Å². The first kappa shape index (κ1) is 16.5. The Balaban J connectivity index is 2.04. The summed E-state index contributed by atoms with van der Waals surface area (Å²) in [6, 6.07) is 8.37. The van der Waals surface area contributed by atoms with Gasteiger partial charge in [-0.1, -0.05) is 32.0 Å². The lowest BCUT2D eigenvalue weighted by Crippen LogP contribution is -2.50. The largest absolute Gasteiger partial charge is 0.396 e. The number of benzene rings is 1. The first-order valence-corrected chi connectivity index (χ1v) is 7.78. The second kappa shape index (κ2) is 7.40. The zero-order valence-electron chi connectivity index (χ0n) is 13.2. The maximum absolute atomic E-state index is 12.6. The molecule has 1 heterocycles. The zero-order valence-corrected chi connectivity index (χ0v) is 13.2. The number of amides is 2. The van der Waals surface area contributed by atoms with E-state index in [1.807, 2.05) is 19.9 Å².